The first-order valence-corrected chi connectivity index (χ1v) is 18.2. The summed E-state index contributed by atoms with van der Waals surface area (Å²) in [6, 6.07) is 9.49. The maximum absolute atomic E-state index is 13.7. The molecule has 1 rings (SSSR count). The molecule has 0 heterocycles. The average molecular weight is 647 g/mol. The lowest BCUT2D eigenvalue weighted by molar-refractivity contribution is -0.129. The van der Waals surface area contributed by atoms with E-state index in [1.807, 2.05) is 30.3 Å². The normalized spacial score (nSPS) is 12.4. The van der Waals surface area contributed by atoms with Crippen LogP contribution in [-0.2, 0) is 20.9 Å². The van der Waals surface area contributed by atoms with Crippen LogP contribution in [0.15, 0.2) is 30.3 Å². The van der Waals surface area contributed by atoms with Gasteiger partial charge < -0.3 is 19.7 Å². The number of carbonyl (C=O) groups excluding carboxylic acids is 3. The molecule has 46 heavy (non-hydrogen) atoms. The monoisotopic (exact) mass is 647 g/mol. The third kappa shape index (κ3) is 19.6. The Labute approximate surface area is 280 Å². The number of carbonyl (C=O) groups is 3. The first-order chi connectivity index (χ1) is 22.2. The summed E-state index contributed by atoms with van der Waals surface area (Å²) < 4.78 is 10.7. The van der Waals surface area contributed by atoms with Crippen LogP contribution in [0.1, 0.15) is 142 Å². The second kappa shape index (κ2) is 26.3. The van der Waals surface area contributed by atoms with Gasteiger partial charge >= 0.3 is 12.2 Å². The number of hydrogen-bond donors (Lipinski definition) is 3. The zero-order chi connectivity index (χ0) is 33.9. The Hall–Kier alpha value is -2.81. The number of likely N-dealkylation sites (N-methyl/N-ethyl adjacent to an activating group) is 1. The van der Waals surface area contributed by atoms with Crippen molar-refractivity contribution in [1.29, 1.82) is 0 Å². The van der Waals surface area contributed by atoms with E-state index >= 15 is 0 Å². The minimum Gasteiger partial charge on any atom is -0.447 e. The summed E-state index contributed by atoms with van der Waals surface area (Å²) in [5.74, 6) is -0.335. The van der Waals surface area contributed by atoms with E-state index in [4.69, 9.17) is 9.47 Å². The van der Waals surface area contributed by atoms with Gasteiger partial charge in [0.05, 0.1) is 6.10 Å². The van der Waals surface area contributed by atoms with Gasteiger partial charge in [-0.15, -0.1) is 0 Å². The lowest BCUT2D eigenvalue weighted by Crippen LogP contribution is -2.68. The van der Waals surface area contributed by atoms with E-state index in [1.54, 1.807) is 20.9 Å². The Balaban J connectivity index is 2.53. The standard InChI is InChI=1S/C37H66N4O5/c1-6-8-10-11-12-13-14-15-16-17-18-19-20-24-28-39-37(27-9-7-2,40-35(43)46-32(3)4)34(42)38-29-30-41(5)36(44)45-31-33-25-22-21-23-26-33/h21-23,25-26,32,39H,6-20,24,27-31H2,1-5H3,(H,38,42)(H,40,43). The molecule has 1 atom stereocenters. The number of rotatable bonds is 27. The highest BCUT2D eigenvalue weighted by molar-refractivity contribution is 5.89. The van der Waals surface area contributed by atoms with E-state index in [-0.39, 0.29) is 31.7 Å². The molecule has 0 aromatic heterocycles. The van der Waals surface area contributed by atoms with Crippen molar-refractivity contribution in [3.63, 3.8) is 0 Å². The molecule has 9 nitrogen and oxygen atoms in total. The predicted molar refractivity (Wildman–Crippen MR) is 188 cm³/mol. The van der Waals surface area contributed by atoms with Crippen LogP contribution >= 0.6 is 0 Å². The van der Waals surface area contributed by atoms with Gasteiger partial charge in [0.25, 0.3) is 5.91 Å². The van der Waals surface area contributed by atoms with Crippen molar-refractivity contribution in [1.82, 2.24) is 20.9 Å². The number of nitrogens with one attached hydrogen (secondary N) is 3. The third-order valence-electron chi connectivity index (χ3n) is 8.16. The van der Waals surface area contributed by atoms with Gasteiger partial charge in [0.15, 0.2) is 5.66 Å². The highest BCUT2D eigenvalue weighted by atomic mass is 16.6. The molecule has 1 aromatic carbocycles. The molecule has 264 valence electrons. The zero-order valence-electron chi connectivity index (χ0n) is 29.8. The molecule has 0 aliphatic rings. The summed E-state index contributed by atoms with van der Waals surface area (Å²) >= 11 is 0. The van der Waals surface area contributed by atoms with Crippen LogP contribution in [0.3, 0.4) is 0 Å². The molecule has 0 spiro atoms. The number of benzene rings is 1. The van der Waals surface area contributed by atoms with Crippen LogP contribution in [0.5, 0.6) is 0 Å². The van der Waals surface area contributed by atoms with E-state index in [2.05, 4.69) is 29.8 Å². The van der Waals surface area contributed by atoms with Gasteiger partial charge in [-0.25, -0.2) is 9.59 Å². The van der Waals surface area contributed by atoms with E-state index in [0.717, 1.165) is 31.2 Å². The Morgan fingerprint density at radius 3 is 1.85 bits per heavy atom. The van der Waals surface area contributed by atoms with Crippen LogP contribution in [0.4, 0.5) is 9.59 Å². The van der Waals surface area contributed by atoms with Crippen LogP contribution in [-0.4, -0.2) is 61.4 Å². The fourth-order valence-electron chi connectivity index (χ4n) is 5.34. The van der Waals surface area contributed by atoms with E-state index in [9.17, 15) is 14.4 Å². The first kappa shape index (κ1) is 41.2. The molecule has 3 amide bonds. The second-order valence-electron chi connectivity index (χ2n) is 12.8. The van der Waals surface area contributed by atoms with Crippen molar-refractivity contribution >= 4 is 18.1 Å². The van der Waals surface area contributed by atoms with Crippen LogP contribution < -0.4 is 16.0 Å². The molecular formula is C37H66N4O5. The smallest absolute Gasteiger partial charge is 0.409 e. The van der Waals surface area contributed by atoms with Crippen molar-refractivity contribution < 1.29 is 23.9 Å². The molecule has 0 bridgehead atoms. The summed E-state index contributed by atoms with van der Waals surface area (Å²) in [5.41, 5.74) is -0.396. The largest absolute Gasteiger partial charge is 0.447 e. The van der Waals surface area contributed by atoms with Gasteiger partial charge in [0.1, 0.15) is 6.61 Å². The molecule has 0 aliphatic carbocycles. The molecule has 9 heteroatoms. The first-order valence-electron chi connectivity index (χ1n) is 18.2. The average Bonchev–Trinajstić information content (AvgIpc) is 3.04. The Kier molecular flexibility index (Phi) is 23.5. The molecule has 0 saturated heterocycles. The lowest BCUT2D eigenvalue weighted by atomic mass is 10.00. The fraction of sp³-hybridized carbons (Fsp3) is 0.757. The minimum absolute atomic E-state index is 0.182. The lowest BCUT2D eigenvalue weighted by Gasteiger charge is -2.34. The predicted octanol–water partition coefficient (Wildman–Crippen LogP) is 8.46. The number of ether oxygens (including phenoxy) is 2. The maximum Gasteiger partial charge on any atom is 0.409 e. The highest BCUT2D eigenvalue weighted by Crippen LogP contribution is 2.16. The third-order valence-corrected chi connectivity index (χ3v) is 8.16. The Bertz CT molecular complexity index is 930. The highest BCUT2D eigenvalue weighted by Gasteiger charge is 2.39. The molecule has 0 radical (unpaired) electrons. The summed E-state index contributed by atoms with van der Waals surface area (Å²) in [7, 11) is 1.63. The fourth-order valence-corrected chi connectivity index (χ4v) is 5.34. The number of alkyl carbamates (subject to hydrolysis) is 1. The molecule has 0 fully saturated rings. The molecular weight excluding hydrogens is 580 g/mol. The van der Waals surface area contributed by atoms with Crippen LogP contribution in [0.25, 0.3) is 0 Å². The van der Waals surface area contributed by atoms with Gasteiger partial charge in [0.2, 0.25) is 0 Å². The topological polar surface area (TPSA) is 109 Å². The second-order valence-corrected chi connectivity index (χ2v) is 12.8. The van der Waals surface area contributed by atoms with Gasteiger partial charge in [0, 0.05) is 20.1 Å². The van der Waals surface area contributed by atoms with Gasteiger partial charge in [-0.2, -0.15) is 0 Å². The zero-order valence-corrected chi connectivity index (χ0v) is 29.8. The van der Waals surface area contributed by atoms with Gasteiger partial charge in [-0.05, 0) is 45.2 Å². The maximum atomic E-state index is 13.7. The van der Waals surface area contributed by atoms with Crippen molar-refractivity contribution in [2.75, 3.05) is 26.7 Å². The minimum atomic E-state index is -1.30. The van der Waals surface area contributed by atoms with Crippen LogP contribution in [0, 0.1) is 0 Å². The van der Waals surface area contributed by atoms with Crippen molar-refractivity contribution in [3.05, 3.63) is 35.9 Å². The Morgan fingerprint density at radius 1 is 0.761 bits per heavy atom. The summed E-state index contributed by atoms with van der Waals surface area (Å²) in [4.78, 5) is 40.3. The number of amides is 3. The van der Waals surface area contributed by atoms with E-state index in [1.165, 1.54) is 81.9 Å². The molecule has 1 unspecified atom stereocenters. The number of unbranched alkanes of at least 4 members (excludes halogenated alkanes) is 14. The number of hydrogen-bond acceptors (Lipinski definition) is 6. The molecule has 0 aliphatic heterocycles. The molecule has 0 saturated carbocycles. The van der Waals surface area contributed by atoms with Crippen molar-refractivity contribution in [2.45, 2.75) is 155 Å². The van der Waals surface area contributed by atoms with Crippen molar-refractivity contribution in [2.24, 2.45) is 0 Å². The van der Waals surface area contributed by atoms with Crippen molar-refractivity contribution in [3.8, 4) is 0 Å². The van der Waals surface area contributed by atoms with E-state index in [0.29, 0.717) is 13.0 Å². The van der Waals surface area contributed by atoms with Crippen LogP contribution in [0.2, 0.25) is 0 Å². The van der Waals surface area contributed by atoms with Gasteiger partial charge in [-0.3, -0.25) is 15.4 Å². The van der Waals surface area contributed by atoms with Gasteiger partial charge in [-0.1, -0.05) is 134 Å². The summed E-state index contributed by atoms with van der Waals surface area (Å²) in [6.45, 7) is 9.14. The summed E-state index contributed by atoms with van der Waals surface area (Å²) in [5, 5.41) is 9.17. The molecule has 1 aromatic rings. The van der Waals surface area contributed by atoms with E-state index < -0.39 is 17.8 Å². The number of nitrogens with zero attached hydrogens (tertiary/aromatic N) is 1. The summed E-state index contributed by atoms with van der Waals surface area (Å²) in [6.07, 6.45) is 18.5. The Morgan fingerprint density at radius 2 is 1.30 bits per heavy atom. The molecule has 3 N–H and O–H groups in total. The quantitative estimate of drug-likeness (QED) is 0.0654. The SMILES string of the molecule is CCCCCCCCCCCCCCCCNC(CCCC)(NC(=O)OC(C)C)C(=O)NCCN(C)C(=O)OCc1ccccc1.